The molecule has 1 aliphatic heterocycles. The minimum atomic E-state index is -0.119. The average molecular weight is 460 g/mol. The molecule has 2 heteroatoms. The summed E-state index contributed by atoms with van der Waals surface area (Å²) in [6, 6.07) is 26.8. The van der Waals surface area contributed by atoms with Gasteiger partial charge in [-0.1, -0.05) is 84.0 Å². The highest BCUT2D eigenvalue weighted by atomic mass is 16.5. The summed E-state index contributed by atoms with van der Waals surface area (Å²) in [6.07, 6.45) is 0. The molecule has 0 unspecified atom stereocenters. The van der Waals surface area contributed by atoms with E-state index < -0.39 is 0 Å². The van der Waals surface area contributed by atoms with Crippen molar-refractivity contribution in [1.82, 2.24) is 4.57 Å². The van der Waals surface area contributed by atoms with Crippen LogP contribution in [-0.4, -0.2) is 4.57 Å². The fourth-order valence-electron chi connectivity index (χ4n) is 6.33. The van der Waals surface area contributed by atoms with Crippen molar-refractivity contribution in [2.45, 2.75) is 52.4 Å². The molecule has 0 N–H and O–H groups in total. The van der Waals surface area contributed by atoms with Crippen LogP contribution >= 0.6 is 0 Å². The van der Waals surface area contributed by atoms with Gasteiger partial charge in [0, 0.05) is 51.4 Å². The van der Waals surface area contributed by atoms with E-state index in [-0.39, 0.29) is 10.8 Å². The molecule has 0 fully saturated rings. The Hall–Kier alpha value is -3.52. The first-order valence-corrected chi connectivity index (χ1v) is 12.8. The summed E-state index contributed by atoms with van der Waals surface area (Å²) in [5, 5.41) is 2.61. The fourth-order valence-corrected chi connectivity index (χ4v) is 6.33. The maximum Gasteiger partial charge on any atom is 0.133 e. The monoisotopic (exact) mass is 459 g/mol. The van der Waals surface area contributed by atoms with Gasteiger partial charge in [-0.05, 0) is 46.5 Å². The van der Waals surface area contributed by atoms with Crippen molar-refractivity contribution >= 4 is 21.8 Å². The van der Waals surface area contributed by atoms with Crippen LogP contribution in [-0.2, 0) is 17.9 Å². The van der Waals surface area contributed by atoms with E-state index in [1.807, 2.05) is 13.8 Å². The normalized spacial score (nSPS) is 16.0. The quantitative estimate of drug-likeness (QED) is 0.225. The Morgan fingerprint density at radius 3 is 1.94 bits per heavy atom. The lowest BCUT2D eigenvalue weighted by molar-refractivity contribution is 0.419. The number of aryl methyl sites for hydroxylation is 1. The molecular weight excluding hydrogens is 426 g/mol. The molecule has 2 aliphatic rings. The second-order valence-corrected chi connectivity index (χ2v) is 10.7. The number of hydrogen-bond donors (Lipinski definition) is 0. The summed E-state index contributed by atoms with van der Waals surface area (Å²) in [5.74, 6) is 1.93. The summed E-state index contributed by atoms with van der Waals surface area (Å²) >= 11 is 0. The van der Waals surface area contributed by atoms with Gasteiger partial charge in [0.15, 0.2) is 0 Å². The SMILES string of the molecule is CC.Cn1c2cc3c(cc2c2cc4c(cc21)C(C)(C)c1ccccc1-4)C(C)(C)c1ccccc1O3. The van der Waals surface area contributed by atoms with Crippen LogP contribution < -0.4 is 4.74 Å². The van der Waals surface area contributed by atoms with E-state index in [2.05, 4.69) is 112 Å². The lowest BCUT2D eigenvalue weighted by Crippen LogP contribution is -2.24. The van der Waals surface area contributed by atoms with Crippen molar-refractivity contribution in [1.29, 1.82) is 0 Å². The van der Waals surface area contributed by atoms with Gasteiger partial charge >= 0.3 is 0 Å². The van der Waals surface area contributed by atoms with Crippen molar-refractivity contribution < 1.29 is 4.74 Å². The van der Waals surface area contributed by atoms with Gasteiger partial charge in [0.05, 0.1) is 5.52 Å². The Morgan fingerprint density at radius 1 is 0.571 bits per heavy atom. The molecule has 0 spiro atoms. The van der Waals surface area contributed by atoms with E-state index in [0.29, 0.717) is 0 Å². The van der Waals surface area contributed by atoms with Crippen LogP contribution in [0, 0.1) is 0 Å². The van der Waals surface area contributed by atoms with Gasteiger partial charge < -0.3 is 9.30 Å². The Labute approximate surface area is 208 Å². The third-order valence-corrected chi connectivity index (χ3v) is 8.26. The molecule has 176 valence electrons. The molecule has 0 amide bonds. The first-order valence-electron chi connectivity index (χ1n) is 12.8. The Bertz CT molecular complexity index is 1650. The van der Waals surface area contributed by atoms with Crippen LogP contribution in [0.15, 0.2) is 72.8 Å². The molecular formula is C33H33NO. The van der Waals surface area contributed by atoms with Crippen LogP contribution in [0.1, 0.15) is 63.8 Å². The van der Waals surface area contributed by atoms with Crippen molar-refractivity contribution in [3.63, 3.8) is 0 Å². The fraction of sp³-hybridized carbons (Fsp3) is 0.273. The molecule has 2 heterocycles. The van der Waals surface area contributed by atoms with Crippen LogP contribution in [0.3, 0.4) is 0 Å². The first-order chi connectivity index (χ1) is 16.8. The molecule has 0 atom stereocenters. The van der Waals surface area contributed by atoms with Crippen LogP contribution in [0.2, 0.25) is 0 Å². The highest BCUT2D eigenvalue weighted by molar-refractivity contribution is 6.11. The molecule has 35 heavy (non-hydrogen) atoms. The molecule has 4 aromatic carbocycles. The van der Waals surface area contributed by atoms with Crippen molar-refractivity contribution in [2.24, 2.45) is 7.05 Å². The Morgan fingerprint density at radius 2 is 1.17 bits per heavy atom. The number of rotatable bonds is 0. The molecule has 1 aliphatic carbocycles. The Balaban J connectivity index is 0.00000112. The number of ether oxygens (including phenoxy) is 1. The zero-order valence-electron chi connectivity index (χ0n) is 21.8. The van der Waals surface area contributed by atoms with E-state index in [9.17, 15) is 0 Å². The second kappa shape index (κ2) is 7.24. The van der Waals surface area contributed by atoms with E-state index in [1.165, 1.54) is 55.2 Å². The number of nitrogens with zero attached hydrogens (tertiary/aromatic N) is 1. The summed E-state index contributed by atoms with van der Waals surface area (Å²) in [7, 11) is 2.18. The van der Waals surface area contributed by atoms with Gasteiger partial charge in [0.2, 0.25) is 0 Å². The maximum atomic E-state index is 6.42. The third kappa shape index (κ3) is 2.77. The molecule has 5 aromatic rings. The standard InChI is InChI=1S/C31H27NO.C2H6/c1-30(2)22-11-7-6-10-18(22)19-14-20-21-15-25-29(17-27(21)32(5)26(20)16-24(19)30)33-28-13-9-8-12-23(28)31(25,3)4;1-2/h6-17H,1-5H3;1-2H3. The molecule has 0 bridgehead atoms. The molecule has 2 nitrogen and oxygen atoms in total. The second-order valence-electron chi connectivity index (χ2n) is 10.7. The lowest BCUT2D eigenvalue weighted by Gasteiger charge is -2.34. The predicted molar refractivity (Wildman–Crippen MR) is 148 cm³/mol. The topological polar surface area (TPSA) is 14.2 Å². The third-order valence-electron chi connectivity index (χ3n) is 8.26. The minimum absolute atomic E-state index is 0.00254. The van der Waals surface area contributed by atoms with Crippen LogP contribution in [0.5, 0.6) is 11.5 Å². The molecule has 7 rings (SSSR count). The average Bonchev–Trinajstić information content (AvgIpc) is 3.26. The summed E-state index contributed by atoms with van der Waals surface area (Å²) < 4.78 is 8.75. The number of para-hydroxylation sites is 1. The van der Waals surface area contributed by atoms with E-state index in [1.54, 1.807) is 0 Å². The number of fused-ring (bicyclic) bond motifs is 8. The van der Waals surface area contributed by atoms with Gasteiger partial charge in [0.25, 0.3) is 0 Å². The minimum Gasteiger partial charge on any atom is -0.457 e. The van der Waals surface area contributed by atoms with E-state index in [0.717, 1.165) is 11.5 Å². The molecule has 1 aromatic heterocycles. The van der Waals surface area contributed by atoms with Crippen LogP contribution in [0.4, 0.5) is 0 Å². The number of hydrogen-bond acceptors (Lipinski definition) is 1. The Kier molecular flexibility index (Phi) is 4.55. The van der Waals surface area contributed by atoms with E-state index >= 15 is 0 Å². The van der Waals surface area contributed by atoms with Crippen LogP contribution in [0.25, 0.3) is 32.9 Å². The van der Waals surface area contributed by atoms with E-state index in [4.69, 9.17) is 4.74 Å². The summed E-state index contributed by atoms with van der Waals surface area (Å²) in [6.45, 7) is 13.3. The van der Waals surface area contributed by atoms with Gasteiger partial charge in [-0.3, -0.25) is 0 Å². The molecule has 0 saturated carbocycles. The largest absolute Gasteiger partial charge is 0.457 e. The zero-order chi connectivity index (χ0) is 24.7. The number of benzene rings is 4. The predicted octanol–water partition coefficient (Wildman–Crippen LogP) is 9.10. The van der Waals surface area contributed by atoms with Crippen molar-refractivity contribution in [2.75, 3.05) is 0 Å². The number of aromatic nitrogens is 1. The maximum absolute atomic E-state index is 6.42. The van der Waals surface area contributed by atoms with Gasteiger partial charge in [0.1, 0.15) is 11.5 Å². The van der Waals surface area contributed by atoms with Crippen molar-refractivity contribution in [3.05, 3.63) is 95.1 Å². The van der Waals surface area contributed by atoms with Gasteiger partial charge in [-0.15, -0.1) is 0 Å². The first kappa shape index (κ1) is 22.0. The van der Waals surface area contributed by atoms with Gasteiger partial charge in [-0.2, -0.15) is 0 Å². The van der Waals surface area contributed by atoms with Gasteiger partial charge in [-0.25, -0.2) is 0 Å². The highest BCUT2D eigenvalue weighted by Gasteiger charge is 2.37. The summed E-state index contributed by atoms with van der Waals surface area (Å²) in [5.41, 5.74) is 10.4. The summed E-state index contributed by atoms with van der Waals surface area (Å²) in [4.78, 5) is 0. The lowest BCUT2D eigenvalue weighted by atomic mass is 9.75. The molecule has 0 radical (unpaired) electrons. The zero-order valence-corrected chi connectivity index (χ0v) is 21.8. The van der Waals surface area contributed by atoms with Crippen molar-refractivity contribution in [3.8, 4) is 22.6 Å². The smallest absolute Gasteiger partial charge is 0.133 e. The molecule has 0 saturated heterocycles. The highest BCUT2D eigenvalue weighted by Crippen LogP contribution is 2.52.